The maximum atomic E-state index is 2.48. The van der Waals surface area contributed by atoms with E-state index in [4.69, 9.17) is 0 Å². The fraction of sp³-hybridized carbons (Fsp3) is 0.0182. The van der Waals surface area contributed by atoms with Gasteiger partial charge in [-0.2, -0.15) is 0 Å². The molecule has 9 aromatic carbocycles. The highest BCUT2D eigenvalue weighted by molar-refractivity contribution is 6.15. The number of nitrogens with zero attached hydrogens (tertiary/aromatic N) is 2. The second-order valence-electron chi connectivity index (χ2n) is 14.8. The highest BCUT2D eigenvalue weighted by Gasteiger charge is 2.46. The van der Waals surface area contributed by atoms with E-state index in [9.17, 15) is 0 Å². The quantitative estimate of drug-likeness (QED) is 0.159. The SMILES string of the molecule is c1ccc(-c2ccccc2-n2c3ccccc3c3cccc(N(c4ccccc4)c4cccc(C5(c6ccccc6)c6ccccc6-c6ccccc65)c4)c32)cc1. The third kappa shape index (κ3) is 5.04. The van der Waals surface area contributed by atoms with Crippen LogP contribution in [0.3, 0.4) is 0 Å². The summed E-state index contributed by atoms with van der Waals surface area (Å²) in [6.45, 7) is 0. The third-order valence-corrected chi connectivity index (χ3v) is 11.9. The molecule has 0 saturated heterocycles. The number of anilines is 3. The molecule has 1 aromatic heterocycles. The molecule has 0 bridgehead atoms. The van der Waals surface area contributed by atoms with E-state index < -0.39 is 5.41 Å². The number of para-hydroxylation sites is 4. The molecule has 1 aliphatic carbocycles. The molecule has 10 aromatic rings. The van der Waals surface area contributed by atoms with Crippen molar-refractivity contribution in [1.29, 1.82) is 0 Å². The number of hydrogen-bond donors (Lipinski definition) is 0. The molecule has 11 rings (SSSR count). The van der Waals surface area contributed by atoms with Crippen LogP contribution in [-0.2, 0) is 5.41 Å². The summed E-state index contributed by atoms with van der Waals surface area (Å²) < 4.78 is 2.48. The minimum absolute atomic E-state index is 0.512. The Morgan fingerprint density at radius 3 is 1.63 bits per heavy atom. The number of rotatable bonds is 7. The highest BCUT2D eigenvalue weighted by atomic mass is 15.2. The van der Waals surface area contributed by atoms with Gasteiger partial charge in [0, 0.05) is 27.7 Å². The van der Waals surface area contributed by atoms with Gasteiger partial charge < -0.3 is 9.47 Å². The standard InChI is InChI=1S/C55H38N2/c1-4-20-39(21-5-1)44-28-12-16-35-51(44)57-52-36-17-13-31-47(52)48-32-19-37-53(54(48)57)56(42-25-8-3-9-26-42)43-27-18-24-41(38-43)55(40-22-6-2-7-23-40)49-33-14-10-29-45(49)46-30-11-15-34-50(46)55/h1-38H. The second-order valence-corrected chi connectivity index (χ2v) is 14.8. The summed E-state index contributed by atoms with van der Waals surface area (Å²) >= 11 is 0. The van der Waals surface area contributed by atoms with Gasteiger partial charge in [-0.25, -0.2) is 0 Å². The molecular formula is C55H38N2. The summed E-state index contributed by atoms with van der Waals surface area (Å²) in [7, 11) is 0. The van der Waals surface area contributed by atoms with Crippen LogP contribution in [0, 0.1) is 0 Å². The predicted molar refractivity (Wildman–Crippen MR) is 238 cm³/mol. The molecule has 1 heterocycles. The van der Waals surface area contributed by atoms with Gasteiger partial charge in [0.15, 0.2) is 0 Å². The molecule has 2 nitrogen and oxygen atoms in total. The zero-order valence-corrected chi connectivity index (χ0v) is 31.3. The van der Waals surface area contributed by atoms with Gasteiger partial charge in [0.2, 0.25) is 0 Å². The van der Waals surface area contributed by atoms with E-state index >= 15 is 0 Å². The first-order valence-corrected chi connectivity index (χ1v) is 19.7. The summed E-state index contributed by atoms with van der Waals surface area (Å²) in [4.78, 5) is 2.46. The molecule has 0 spiro atoms. The van der Waals surface area contributed by atoms with Gasteiger partial charge in [0.25, 0.3) is 0 Å². The molecule has 0 N–H and O–H groups in total. The normalized spacial score (nSPS) is 12.7. The maximum absolute atomic E-state index is 2.48. The van der Waals surface area contributed by atoms with Crippen molar-refractivity contribution in [2.24, 2.45) is 0 Å². The lowest BCUT2D eigenvalue weighted by molar-refractivity contribution is 0.768. The van der Waals surface area contributed by atoms with Gasteiger partial charge in [-0.15, -0.1) is 0 Å². The first kappa shape index (κ1) is 33.0. The molecule has 268 valence electrons. The maximum Gasteiger partial charge on any atom is 0.0782 e. The van der Waals surface area contributed by atoms with Gasteiger partial charge >= 0.3 is 0 Å². The van der Waals surface area contributed by atoms with Crippen molar-refractivity contribution in [3.05, 3.63) is 253 Å². The molecule has 0 unspecified atom stereocenters. The zero-order chi connectivity index (χ0) is 37.8. The molecule has 0 aliphatic heterocycles. The highest BCUT2D eigenvalue weighted by Crippen LogP contribution is 2.56. The first-order chi connectivity index (χ1) is 28.3. The van der Waals surface area contributed by atoms with E-state index in [-0.39, 0.29) is 0 Å². The van der Waals surface area contributed by atoms with Gasteiger partial charge in [0.05, 0.1) is 27.8 Å². The average Bonchev–Trinajstić information content (AvgIpc) is 3.79. The topological polar surface area (TPSA) is 8.17 Å². The van der Waals surface area contributed by atoms with Gasteiger partial charge in [-0.1, -0.05) is 188 Å². The van der Waals surface area contributed by atoms with Crippen LogP contribution in [0.1, 0.15) is 22.3 Å². The first-order valence-electron chi connectivity index (χ1n) is 19.7. The van der Waals surface area contributed by atoms with Crippen LogP contribution < -0.4 is 4.90 Å². The predicted octanol–water partition coefficient (Wildman–Crippen LogP) is 14.3. The van der Waals surface area contributed by atoms with Gasteiger partial charge in [0.1, 0.15) is 0 Å². The Bertz CT molecular complexity index is 3020. The van der Waals surface area contributed by atoms with Crippen molar-refractivity contribution in [3.63, 3.8) is 0 Å². The number of hydrogen-bond acceptors (Lipinski definition) is 1. The number of fused-ring (bicyclic) bond motifs is 6. The van der Waals surface area contributed by atoms with Crippen LogP contribution in [0.4, 0.5) is 17.1 Å². The van der Waals surface area contributed by atoms with Crippen LogP contribution in [0.2, 0.25) is 0 Å². The van der Waals surface area contributed by atoms with E-state index in [0.29, 0.717) is 0 Å². The van der Waals surface area contributed by atoms with Crippen LogP contribution in [0.5, 0.6) is 0 Å². The van der Waals surface area contributed by atoms with E-state index in [0.717, 1.165) is 28.3 Å². The third-order valence-electron chi connectivity index (χ3n) is 11.9. The summed E-state index contributed by atoms with van der Waals surface area (Å²) in [5, 5.41) is 2.43. The average molecular weight is 727 g/mol. The summed E-state index contributed by atoms with van der Waals surface area (Å²) in [6, 6.07) is 84.2. The lowest BCUT2D eigenvalue weighted by Crippen LogP contribution is -2.28. The summed E-state index contributed by atoms with van der Waals surface area (Å²) in [6.07, 6.45) is 0. The van der Waals surface area contributed by atoms with Gasteiger partial charge in [-0.05, 0) is 81.4 Å². The van der Waals surface area contributed by atoms with E-state index in [2.05, 4.69) is 240 Å². The molecule has 0 amide bonds. The fourth-order valence-electron chi connectivity index (χ4n) is 9.56. The van der Waals surface area contributed by atoms with Crippen LogP contribution >= 0.6 is 0 Å². The molecule has 0 radical (unpaired) electrons. The van der Waals surface area contributed by atoms with Crippen LogP contribution in [-0.4, -0.2) is 4.57 Å². The van der Waals surface area contributed by atoms with E-state index in [1.54, 1.807) is 0 Å². The zero-order valence-electron chi connectivity index (χ0n) is 31.3. The van der Waals surface area contributed by atoms with Crippen molar-refractivity contribution < 1.29 is 0 Å². The van der Waals surface area contributed by atoms with Crippen molar-refractivity contribution in [3.8, 4) is 27.9 Å². The van der Waals surface area contributed by atoms with E-state index in [1.165, 1.54) is 60.8 Å². The largest absolute Gasteiger partial charge is 0.308 e. The second kappa shape index (κ2) is 13.4. The Morgan fingerprint density at radius 1 is 0.368 bits per heavy atom. The minimum atomic E-state index is -0.512. The molecular weight excluding hydrogens is 689 g/mol. The lowest BCUT2D eigenvalue weighted by Gasteiger charge is -2.35. The smallest absolute Gasteiger partial charge is 0.0782 e. The molecule has 0 atom stereocenters. The van der Waals surface area contributed by atoms with Crippen LogP contribution in [0.25, 0.3) is 49.7 Å². The van der Waals surface area contributed by atoms with E-state index in [1.807, 2.05) is 0 Å². The lowest BCUT2D eigenvalue weighted by atomic mass is 9.67. The Balaban J connectivity index is 1.21. The fourth-order valence-corrected chi connectivity index (χ4v) is 9.56. The molecule has 2 heteroatoms. The Labute approximate surface area is 333 Å². The van der Waals surface area contributed by atoms with Gasteiger partial charge in [-0.3, -0.25) is 0 Å². The molecule has 0 fully saturated rings. The monoisotopic (exact) mass is 726 g/mol. The Morgan fingerprint density at radius 2 is 0.895 bits per heavy atom. The van der Waals surface area contributed by atoms with Crippen LogP contribution in [0.15, 0.2) is 231 Å². The number of aromatic nitrogens is 1. The summed E-state index contributed by atoms with van der Waals surface area (Å²) in [5.41, 5.74) is 16.3. The van der Waals surface area contributed by atoms with Crippen molar-refractivity contribution in [2.75, 3.05) is 4.90 Å². The number of benzene rings is 9. The molecule has 0 saturated carbocycles. The van der Waals surface area contributed by atoms with Crippen molar-refractivity contribution in [2.45, 2.75) is 5.41 Å². The molecule has 57 heavy (non-hydrogen) atoms. The Kier molecular flexibility index (Phi) is 7.75. The van der Waals surface area contributed by atoms with Crippen molar-refractivity contribution in [1.82, 2.24) is 4.57 Å². The molecule has 1 aliphatic rings. The minimum Gasteiger partial charge on any atom is -0.308 e. The van der Waals surface area contributed by atoms with Crippen molar-refractivity contribution >= 4 is 38.9 Å². The Hall–Kier alpha value is -7.42. The summed E-state index contributed by atoms with van der Waals surface area (Å²) in [5.74, 6) is 0.